The molecule has 2 rings (SSSR count). The third-order valence-electron chi connectivity index (χ3n) is 5.30. The van der Waals surface area contributed by atoms with Gasteiger partial charge < -0.3 is 10.4 Å². The summed E-state index contributed by atoms with van der Waals surface area (Å²) >= 11 is 0. The van der Waals surface area contributed by atoms with Gasteiger partial charge in [-0.3, -0.25) is 15.6 Å². The second-order valence-electron chi connectivity index (χ2n) is 8.02. The minimum absolute atomic E-state index is 0.110. The Labute approximate surface area is 223 Å². The van der Waals surface area contributed by atoms with Gasteiger partial charge in [0.2, 0.25) is 6.41 Å². The van der Waals surface area contributed by atoms with Crippen molar-refractivity contribution in [3.05, 3.63) is 82.1 Å². The molecule has 1 unspecified atom stereocenters. The monoisotopic (exact) mass is 508 g/mol. The summed E-state index contributed by atoms with van der Waals surface area (Å²) < 4.78 is 0. The molecule has 0 radical (unpaired) electrons. The molecule has 1 heterocycles. The van der Waals surface area contributed by atoms with Crippen LogP contribution in [-0.2, 0) is 11.2 Å². The third kappa shape index (κ3) is 13.7. The van der Waals surface area contributed by atoms with Gasteiger partial charge >= 0.3 is 5.97 Å². The fourth-order valence-electron chi connectivity index (χ4n) is 3.19. The lowest BCUT2D eigenvalue weighted by atomic mass is 9.92. The van der Waals surface area contributed by atoms with Crippen molar-refractivity contribution in [3.63, 3.8) is 0 Å². The number of carboxylic acids is 1. The van der Waals surface area contributed by atoms with Gasteiger partial charge in [-0.1, -0.05) is 61.4 Å². The highest BCUT2D eigenvalue weighted by atomic mass is 16.4. The summed E-state index contributed by atoms with van der Waals surface area (Å²) in [5.74, 6) is -0.613. The fourth-order valence-corrected chi connectivity index (χ4v) is 3.19. The fraction of sp³-hybridized carbons (Fsp3) is 0.367. The number of allylic oxidation sites excluding steroid dienone is 3. The zero-order chi connectivity index (χ0) is 28.8. The molecule has 0 saturated heterocycles. The Hall–Kier alpha value is -3.89. The van der Waals surface area contributed by atoms with Gasteiger partial charge in [-0.05, 0) is 77.3 Å². The van der Waals surface area contributed by atoms with E-state index in [9.17, 15) is 9.59 Å². The number of nitrogens with one attached hydrogen (secondary N) is 3. The molecule has 4 N–H and O–H groups in total. The largest absolute Gasteiger partial charge is 0.478 e. The molecule has 202 valence electrons. The first kappa shape index (κ1) is 35.3. The molecule has 0 aliphatic carbocycles. The minimum atomic E-state index is -1.03. The summed E-state index contributed by atoms with van der Waals surface area (Å²) in [7, 11) is 2.03. The maximum atomic E-state index is 10.5. The van der Waals surface area contributed by atoms with E-state index in [4.69, 9.17) is 5.11 Å². The van der Waals surface area contributed by atoms with Gasteiger partial charge in [0, 0.05) is 6.20 Å². The van der Waals surface area contributed by atoms with E-state index in [-0.39, 0.29) is 5.56 Å². The van der Waals surface area contributed by atoms with E-state index in [2.05, 4.69) is 105 Å². The van der Waals surface area contributed by atoms with Gasteiger partial charge in [0.15, 0.2) is 0 Å². The molecule has 7 heteroatoms. The van der Waals surface area contributed by atoms with E-state index in [1.54, 1.807) is 6.92 Å². The number of aryl methyl sites for hydroxylation is 2. The Morgan fingerprint density at radius 1 is 1.16 bits per heavy atom. The first-order valence-electron chi connectivity index (χ1n) is 12.2. The van der Waals surface area contributed by atoms with Crippen molar-refractivity contribution in [1.29, 1.82) is 0 Å². The number of hydrogen-bond donors (Lipinski definition) is 4. The predicted molar refractivity (Wildman–Crippen MR) is 155 cm³/mol. The summed E-state index contributed by atoms with van der Waals surface area (Å²) in [5.41, 5.74) is 11.1. The van der Waals surface area contributed by atoms with Gasteiger partial charge in [-0.25, -0.2) is 9.78 Å². The Morgan fingerprint density at radius 3 is 2.19 bits per heavy atom. The number of benzene rings is 1. The van der Waals surface area contributed by atoms with Crippen molar-refractivity contribution < 1.29 is 14.7 Å². The zero-order valence-electron chi connectivity index (χ0n) is 23.6. The molecule has 0 bridgehead atoms. The molecule has 37 heavy (non-hydrogen) atoms. The Morgan fingerprint density at radius 2 is 1.78 bits per heavy atom. The second-order valence-corrected chi connectivity index (χ2v) is 8.02. The maximum absolute atomic E-state index is 10.5. The number of amides is 1. The molecule has 0 aliphatic rings. The summed E-state index contributed by atoms with van der Waals surface area (Å²) in [6, 6.07) is 10.5. The van der Waals surface area contributed by atoms with Crippen LogP contribution in [0.5, 0.6) is 0 Å². The molecule has 7 nitrogen and oxygen atoms in total. The molecule has 2 aromatic rings. The highest BCUT2D eigenvalue weighted by Crippen LogP contribution is 2.26. The Balaban J connectivity index is 0. The van der Waals surface area contributed by atoms with E-state index < -0.39 is 5.97 Å². The van der Waals surface area contributed by atoms with E-state index in [0.717, 1.165) is 12.8 Å². The van der Waals surface area contributed by atoms with E-state index in [1.165, 1.54) is 34.5 Å². The van der Waals surface area contributed by atoms with Crippen molar-refractivity contribution >= 4 is 18.2 Å². The zero-order valence-corrected chi connectivity index (χ0v) is 23.6. The van der Waals surface area contributed by atoms with E-state index in [1.807, 2.05) is 14.0 Å². The third-order valence-corrected chi connectivity index (χ3v) is 5.30. The lowest BCUT2D eigenvalue weighted by Crippen LogP contribution is -2.20. The van der Waals surface area contributed by atoms with Crippen molar-refractivity contribution in [1.82, 2.24) is 15.7 Å². The van der Waals surface area contributed by atoms with E-state index in [0.29, 0.717) is 23.8 Å². The van der Waals surface area contributed by atoms with Crippen LogP contribution in [0.1, 0.15) is 81.1 Å². The number of carboxylic acid groups (broad SMARTS) is 1. The predicted octanol–water partition coefficient (Wildman–Crippen LogP) is 6.25. The number of aromatic nitrogens is 1. The number of nitrogens with zero attached hydrogens (tertiary/aromatic N) is 1. The molecule has 0 fully saturated rings. The van der Waals surface area contributed by atoms with Crippen LogP contribution >= 0.6 is 0 Å². The topological polar surface area (TPSA) is 103 Å². The molecule has 1 aromatic carbocycles. The lowest BCUT2D eigenvalue weighted by Gasteiger charge is -2.22. The minimum Gasteiger partial charge on any atom is -0.478 e. The highest BCUT2D eigenvalue weighted by molar-refractivity contribution is 5.87. The standard InChI is InChI=1S/C15H23N.C8H9N3O3.C5H10.C2H2/c1-6-13-9-7-8-10-14(13)15(16-5)12(4)11(2)3;1-5-2-6(8(13)14)3-9-7(5)11-10-4-12;1-3-5-4-2;1-2/h7-10,15-16H,6H2,1-5H3;2-4H,1H3,(H,9,11)(H,10,12)(H,13,14);3,5H,4H2,1-2H3;1-2H/b;;5-3-;. The number of aromatic carboxylic acids is 1. The SMILES string of the molecule is C#C.C/C=C\CC.CCc1ccccc1C(NC)C(C)=C(C)C.Cc1cc(C(=O)O)cnc1NNC=O. The van der Waals surface area contributed by atoms with E-state index >= 15 is 0 Å². The van der Waals surface area contributed by atoms with Crippen LogP contribution in [0.25, 0.3) is 0 Å². The van der Waals surface area contributed by atoms with Crippen molar-refractivity contribution in [2.45, 2.75) is 67.3 Å². The molecule has 0 spiro atoms. The number of pyridine rings is 1. The Bertz CT molecular complexity index is 1020. The number of rotatable bonds is 9. The molecule has 0 saturated carbocycles. The Kier molecular flexibility index (Phi) is 20.4. The molecule has 1 aromatic heterocycles. The number of hydrazine groups is 1. The quantitative estimate of drug-likeness (QED) is 0.138. The first-order valence-corrected chi connectivity index (χ1v) is 12.2. The average molecular weight is 509 g/mol. The molecular formula is C30H44N4O3. The van der Waals surface area contributed by atoms with Gasteiger partial charge in [0.1, 0.15) is 5.82 Å². The van der Waals surface area contributed by atoms with Crippen molar-refractivity contribution in [2.24, 2.45) is 0 Å². The second kappa shape index (κ2) is 21.4. The number of hydrogen-bond acceptors (Lipinski definition) is 5. The molecule has 1 atom stereocenters. The highest BCUT2D eigenvalue weighted by Gasteiger charge is 2.14. The van der Waals surface area contributed by atoms with Crippen LogP contribution in [0.15, 0.2) is 59.8 Å². The van der Waals surface area contributed by atoms with Crippen LogP contribution in [0.3, 0.4) is 0 Å². The van der Waals surface area contributed by atoms with Crippen LogP contribution < -0.4 is 16.2 Å². The number of carbonyl (C=O) groups excluding carboxylic acids is 1. The number of terminal acetylenes is 1. The van der Waals surface area contributed by atoms with Gasteiger partial charge in [0.05, 0.1) is 11.6 Å². The summed E-state index contributed by atoms with van der Waals surface area (Å²) in [5, 5.41) is 12.1. The normalized spacial score (nSPS) is 10.2. The first-order chi connectivity index (χ1) is 17.7. The van der Waals surface area contributed by atoms with Gasteiger partial charge in [-0.15, -0.1) is 12.8 Å². The van der Waals surface area contributed by atoms with Crippen LogP contribution in [0, 0.1) is 19.8 Å². The van der Waals surface area contributed by atoms with Crippen LogP contribution in [0.4, 0.5) is 5.82 Å². The smallest absolute Gasteiger partial charge is 0.337 e. The number of anilines is 1. The maximum Gasteiger partial charge on any atom is 0.337 e. The summed E-state index contributed by atoms with van der Waals surface area (Å²) in [6.45, 7) is 14.6. The molecular weight excluding hydrogens is 464 g/mol. The van der Waals surface area contributed by atoms with Gasteiger partial charge in [0.25, 0.3) is 0 Å². The number of likely N-dealkylation sites (N-methyl/N-ethyl adjacent to an activating group) is 1. The van der Waals surface area contributed by atoms with Crippen molar-refractivity contribution in [2.75, 3.05) is 12.5 Å². The summed E-state index contributed by atoms with van der Waals surface area (Å²) in [4.78, 5) is 24.3. The van der Waals surface area contributed by atoms with Crippen LogP contribution in [-0.4, -0.2) is 29.5 Å². The van der Waals surface area contributed by atoms with Crippen molar-refractivity contribution in [3.8, 4) is 12.8 Å². The average Bonchev–Trinajstić information content (AvgIpc) is 2.90. The summed E-state index contributed by atoms with van der Waals surface area (Å²) in [6.07, 6.45) is 16.1. The number of carbonyl (C=O) groups is 2. The molecule has 1 amide bonds. The lowest BCUT2D eigenvalue weighted by molar-refractivity contribution is -0.109. The van der Waals surface area contributed by atoms with Gasteiger partial charge in [-0.2, -0.15) is 0 Å². The van der Waals surface area contributed by atoms with Crippen LogP contribution in [0.2, 0.25) is 0 Å². The molecule has 0 aliphatic heterocycles.